The number of nitrogens with zero attached hydrogens (tertiary/aromatic N) is 1. The second kappa shape index (κ2) is 7.62. The Bertz CT molecular complexity index is 472. The first-order chi connectivity index (χ1) is 9.38. The average Bonchev–Trinajstić information content (AvgIpc) is 2.34. The van der Waals surface area contributed by atoms with Crippen molar-refractivity contribution in [2.75, 3.05) is 6.54 Å². The molecule has 0 radical (unpaired) electrons. The summed E-state index contributed by atoms with van der Waals surface area (Å²) in [5.74, 6) is -0.655. The van der Waals surface area contributed by atoms with E-state index in [1.165, 1.54) is 0 Å². The summed E-state index contributed by atoms with van der Waals surface area (Å²) in [7, 11) is 0. The Labute approximate surface area is 119 Å². The smallest absolute Gasteiger partial charge is 0.303 e. The summed E-state index contributed by atoms with van der Waals surface area (Å²) in [6.07, 6.45) is 2.45. The highest BCUT2D eigenvalue weighted by Gasteiger charge is 2.16. The van der Waals surface area contributed by atoms with E-state index in [0.717, 1.165) is 12.1 Å². The maximum Gasteiger partial charge on any atom is 0.303 e. The van der Waals surface area contributed by atoms with Crippen LogP contribution in [0.15, 0.2) is 18.3 Å². The van der Waals surface area contributed by atoms with E-state index in [-0.39, 0.29) is 18.2 Å². The van der Waals surface area contributed by atoms with Crippen LogP contribution in [0.3, 0.4) is 0 Å². The molecular formula is C15H22N2O3. The van der Waals surface area contributed by atoms with Gasteiger partial charge >= 0.3 is 5.97 Å². The van der Waals surface area contributed by atoms with Crippen molar-refractivity contribution in [3.8, 4) is 0 Å². The van der Waals surface area contributed by atoms with Gasteiger partial charge < -0.3 is 10.4 Å². The van der Waals surface area contributed by atoms with Gasteiger partial charge in [-0.25, -0.2) is 0 Å². The molecule has 1 amide bonds. The predicted octanol–water partition coefficient (Wildman–Crippen LogP) is 2.26. The number of carboxylic acid groups (broad SMARTS) is 1. The van der Waals surface area contributed by atoms with E-state index in [0.29, 0.717) is 18.0 Å². The minimum absolute atomic E-state index is 0.0422. The zero-order chi connectivity index (χ0) is 15.1. The molecule has 1 rings (SSSR count). The molecule has 5 nitrogen and oxygen atoms in total. The van der Waals surface area contributed by atoms with Crippen LogP contribution < -0.4 is 5.32 Å². The summed E-state index contributed by atoms with van der Waals surface area (Å²) in [5, 5.41) is 11.7. The number of pyridine rings is 1. The van der Waals surface area contributed by atoms with Gasteiger partial charge in [-0.05, 0) is 37.3 Å². The van der Waals surface area contributed by atoms with Crippen molar-refractivity contribution >= 4 is 11.9 Å². The number of rotatable bonds is 7. The van der Waals surface area contributed by atoms with Crippen LogP contribution in [0.4, 0.5) is 0 Å². The fourth-order valence-corrected chi connectivity index (χ4v) is 2.18. The number of nitrogens with one attached hydrogen (secondary N) is 1. The Balaban J connectivity index is 2.57. The highest BCUT2D eigenvalue weighted by Crippen LogP contribution is 2.15. The van der Waals surface area contributed by atoms with Gasteiger partial charge in [0, 0.05) is 30.4 Å². The van der Waals surface area contributed by atoms with E-state index < -0.39 is 5.97 Å². The quantitative estimate of drug-likeness (QED) is 0.801. The molecule has 0 saturated carbocycles. The average molecular weight is 278 g/mol. The summed E-state index contributed by atoms with van der Waals surface area (Å²) in [6.45, 7) is 6.29. The Morgan fingerprint density at radius 3 is 2.65 bits per heavy atom. The molecule has 0 spiro atoms. The summed E-state index contributed by atoms with van der Waals surface area (Å²) < 4.78 is 0. The molecule has 0 bridgehead atoms. The zero-order valence-corrected chi connectivity index (χ0v) is 12.2. The van der Waals surface area contributed by atoms with Gasteiger partial charge in [0.2, 0.25) is 0 Å². The summed E-state index contributed by atoms with van der Waals surface area (Å²) in [5.41, 5.74) is 1.33. The third-order valence-corrected chi connectivity index (χ3v) is 2.98. The number of hydrogen-bond acceptors (Lipinski definition) is 3. The lowest BCUT2D eigenvalue weighted by atomic mass is 9.94. The number of aromatic nitrogens is 1. The minimum atomic E-state index is -0.829. The van der Waals surface area contributed by atoms with Crippen LogP contribution in [0, 0.1) is 18.8 Å². The van der Waals surface area contributed by atoms with Crippen LogP contribution >= 0.6 is 0 Å². The molecule has 5 heteroatoms. The monoisotopic (exact) mass is 278 g/mol. The van der Waals surface area contributed by atoms with Crippen LogP contribution in [0.25, 0.3) is 0 Å². The first-order valence-electron chi connectivity index (χ1n) is 6.81. The molecule has 0 aliphatic rings. The van der Waals surface area contributed by atoms with Crippen molar-refractivity contribution in [2.45, 2.75) is 33.6 Å². The number of carbonyl (C=O) groups is 2. The van der Waals surface area contributed by atoms with E-state index in [4.69, 9.17) is 5.11 Å². The van der Waals surface area contributed by atoms with Crippen molar-refractivity contribution in [3.63, 3.8) is 0 Å². The lowest BCUT2D eigenvalue weighted by Crippen LogP contribution is -2.31. The molecule has 1 aromatic heterocycles. The molecule has 0 fully saturated rings. The van der Waals surface area contributed by atoms with E-state index in [1.807, 2.05) is 20.8 Å². The second-order valence-electron chi connectivity index (χ2n) is 5.49. The maximum atomic E-state index is 12.0. The molecular weight excluding hydrogens is 256 g/mol. The molecule has 0 saturated heterocycles. The molecule has 0 aliphatic carbocycles. The molecule has 20 heavy (non-hydrogen) atoms. The van der Waals surface area contributed by atoms with Crippen molar-refractivity contribution in [1.82, 2.24) is 10.3 Å². The van der Waals surface area contributed by atoms with E-state index in [9.17, 15) is 9.59 Å². The lowest BCUT2D eigenvalue weighted by molar-refractivity contribution is -0.138. The standard InChI is InChI=1S/C15H22N2O3/c1-10(2)6-12(8-14(18)19)9-17-15(20)13-4-5-16-11(3)7-13/h4-5,7,10,12H,6,8-9H2,1-3H3,(H,17,20)(H,18,19). The van der Waals surface area contributed by atoms with Crippen LogP contribution in [-0.2, 0) is 4.79 Å². The molecule has 2 N–H and O–H groups in total. The van der Waals surface area contributed by atoms with Gasteiger partial charge in [0.1, 0.15) is 0 Å². The Kier molecular flexibility index (Phi) is 6.15. The molecule has 0 aromatic carbocycles. The van der Waals surface area contributed by atoms with Gasteiger partial charge in [-0.15, -0.1) is 0 Å². The Hall–Kier alpha value is -1.91. The highest BCUT2D eigenvalue weighted by molar-refractivity contribution is 5.94. The maximum absolute atomic E-state index is 12.0. The number of hydrogen-bond donors (Lipinski definition) is 2. The largest absolute Gasteiger partial charge is 0.481 e. The Morgan fingerprint density at radius 2 is 2.10 bits per heavy atom. The van der Waals surface area contributed by atoms with Gasteiger partial charge in [0.15, 0.2) is 0 Å². The van der Waals surface area contributed by atoms with Crippen LogP contribution in [-0.4, -0.2) is 28.5 Å². The topological polar surface area (TPSA) is 79.3 Å². The summed E-state index contributed by atoms with van der Waals surface area (Å²) in [6, 6.07) is 3.36. The summed E-state index contributed by atoms with van der Waals surface area (Å²) >= 11 is 0. The zero-order valence-electron chi connectivity index (χ0n) is 12.2. The van der Waals surface area contributed by atoms with E-state index >= 15 is 0 Å². The van der Waals surface area contributed by atoms with E-state index in [2.05, 4.69) is 10.3 Å². The van der Waals surface area contributed by atoms with Gasteiger partial charge in [0.05, 0.1) is 0 Å². The molecule has 0 aliphatic heterocycles. The molecule has 1 atom stereocenters. The lowest BCUT2D eigenvalue weighted by Gasteiger charge is -2.17. The predicted molar refractivity (Wildman–Crippen MR) is 76.5 cm³/mol. The van der Waals surface area contributed by atoms with Crippen molar-refractivity contribution in [3.05, 3.63) is 29.6 Å². The third kappa shape index (κ3) is 5.82. The number of amides is 1. The number of aryl methyl sites for hydroxylation is 1. The van der Waals surface area contributed by atoms with Crippen LogP contribution in [0.2, 0.25) is 0 Å². The van der Waals surface area contributed by atoms with Gasteiger partial charge in [-0.3, -0.25) is 14.6 Å². The fraction of sp³-hybridized carbons (Fsp3) is 0.533. The van der Waals surface area contributed by atoms with Crippen LogP contribution in [0.1, 0.15) is 42.7 Å². The third-order valence-electron chi connectivity index (χ3n) is 2.98. The molecule has 1 heterocycles. The van der Waals surface area contributed by atoms with Crippen LogP contribution in [0.5, 0.6) is 0 Å². The molecule has 1 unspecified atom stereocenters. The Morgan fingerprint density at radius 1 is 1.40 bits per heavy atom. The van der Waals surface area contributed by atoms with Gasteiger partial charge in [-0.2, -0.15) is 0 Å². The SMILES string of the molecule is Cc1cc(C(=O)NCC(CC(=O)O)CC(C)C)ccn1. The van der Waals surface area contributed by atoms with Crippen molar-refractivity contribution < 1.29 is 14.7 Å². The van der Waals surface area contributed by atoms with E-state index in [1.54, 1.807) is 18.3 Å². The molecule has 110 valence electrons. The highest BCUT2D eigenvalue weighted by atomic mass is 16.4. The molecule has 1 aromatic rings. The first-order valence-corrected chi connectivity index (χ1v) is 6.81. The number of carboxylic acids is 1. The summed E-state index contributed by atoms with van der Waals surface area (Å²) in [4.78, 5) is 26.9. The first kappa shape index (κ1) is 16.1. The fourth-order valence-electron chi connectivity index (χ4n) is 2.18. The van der Waals surface area contributed by atoms with Gasteiger partial charge in [-0.1, -0.05) is 13.8 Å². The number of aliphatic carboxylic acids is 1. The second-order valence-corrected chi connectivity index (χ2v) is 5.49. The van der Waals surface area contributed by atoms with Crippen molar-refractivity contribution in [2.24, 2.45) is 11.8 Å². The van der Waals surface area contributed by atoms with Crippen molar-refractivity contribution in [1.29, 1.82) is 0 Å². The van der Waals surface area contributed by atoms with Gasteiger partial charge in [0.25, 0.3) is 5.91 Å². The number of carbonyl (C=O) groups excluding carboxylic acids is 1. The normalized spacial score (nSPS) is 12.2. The minimum Gasteiger partial charge on any atom is -0.481 e.